The van der Waals surface area contributed by atoms with Crippen LogP contribution in [0.4, 0.5) is 24.8 Å². The van der Waals surface area contributed by atoms with E-state index in [1.807, 2.05) is 26.0 Å². The second-order valence-electron chi connectivity index (χ2n) is 9.20. The van der Waals surface area contributed by atoms with E-state index in [1.165, 1.54) is 11.3 Å². The number of thiazole rings is 1. The molecule has 6 nitrogen and oxygen atoms in total. The molecule has 10 heteroatoms. The molecule has 182 valence electrons. The van der Waals surface area contributed by atoms with Crippen LogP contribution in [0.3, 0.4) is 0 Å². The lowest BCUT2D eigenvalue weighted by atomic mass is 9.77. The van der Waals surface area contributed by atoms with E-state index >= 15 is 0 Å². The summed E-state index contributed by atoms with van der Waals surface area (Å²) in [6, 6.07) is 6.41. The molecule has 3 aromatic rings. The monoisotopic (exact) mass is 492 g/mol. The molecule has 0 radical (unpaired) electrons. The summed E-state index contributed by atoms with van der Waals surface area (Å²) in [4.78, 5) is 12.8. The Hall–Kier alpha value is -2.56. The number of rotatable bonds is 6. The molecule has 4 rings (SSSR count). The van der Waals surface area contributed by atoms with Crippen molar-refractivity contribution in [1.29, 1.82) is 0 Å². The summed E-state index contributed by atoms with van der Waals surface area (Å²) in [6.07, 6.45) is 1.17. The summed E-state index contributed by atoms with van der Waals surface area (Å²) in [6.45, 7) is 3.73. The summed E-state index contributed by atoms with van der Waals surface area (Å²) >= 11 is 1.48. The summed E-state index contributed by atoms with van der Waals surface area (Å²) in [5, 5.41) is 24.5. The van der Waals surface area contributed by atoms with E-state index in [1.54, 1.807) is 12.3 Å². The third kappa shape index (κ3) is 6.11. The van der Waals surface area contributed by atoms with Crippen LogP contribution in [0.1, 0.15) is 48.9 Å². The van der Waals surface area contributed by atoms with E-state index in [-0.39, 0.29) is 11.9 Å². The predicted molar refractivity (Wildman–Crippen MR) is 125 cm³/mol. The van der Waals surface area contributed by atoms with Gasteiger partial charge in [0.25, 0.3) is 0 Å². The highest BCUT2D eigenvalue weighted by Crippen LogP contribution is 2.36. The average molecular weight is 493 g/mol. The van der Waals surface area contributed by atoms with Crippen molar-refractivity contribution in [2.24, 2.45) is 5.92 Å². The Morgan fingerprint density at radius 1 is 1.21 bits per heavy atom. The second-order valence-corrected chi connectivity index (χ2v) is 10.3. The van der Waals surface area contributed by atoms with Gasteiger partial charge in [0.15, 0.2) is 0 Å². The Balaban J connectivity index is 1.46. The summed E-state index contributed by atoms with van der Waals surface area (Å²) in [5.41, 5.74) is 0.696. The molecular weight excluding hydrogens is 465 g/mol. The van der Waals surface area contributed by atoms with E-state index in [4.69, 9.17) is 0 Å². The number of aryl methyl sites for hydroxylation is 1. The lowest BCUT2D eigenvalue weighted by Crippen LogP contribution is -2.35. The third-order valence-corrected chi connectivity index (χ3v) is 7.22. The molecule has 1 atom stereocenters. The number of anilines is 2. The van der Waals surface area contributed by atoms with Crippen LogP contribution >= 0.6 is 11.3 Å². The molecular formula is C24H27F3N4O2S. The number of hydrogen-bond donors (Lipinski definition) is 3. The van der Waals surface area contributed by atoms with Gasteiger partial charge in [-0.1, -0.05) is 6.07 Å². The van der Waals surface area contributed by atoms with Gasteiger partial charge >= 0.3 is 6.18 Å². The molecule has 2 aromatic heterocycles. The predicted octanol–water partition coefficient (Wildman–Crippen LogP) is 5.52. The molecule has 0 aliphatic heterocycles. The lowest BCUT2D eigenvalue weighted by Gasteiger charge is -2.35. The molecule has 1 aliphatic carbocycles. The smallest absolute Gasteiger partial charge is 0.392 e. The quantitative estimate of drug-likeness (QED) is 0.420. The Kier molecular flexibility index (Phi) is 6.93. The number of aliphatic hydroxyl groups is 2. The first kappa shape index (κ1) is 24.6. The van der Waals surface area contributed by atoms with Gasteiger partial charge in [0, 0.05) is 24.5 Å². The lowest BCUT2D eigenvalue weighted by molar-refractivity contribution is -0.141. The van der Waals surface area contributed by atoms with Crippen LogP contribution in [0.25, 0.3) is 10.4 Å². The number of aromatic nitrogens is 3. The van der Waals surface area contributed by atoms with Crippen LogP contribution in [-0.2, 0) is 12.6 Å². The molecule has 0 saturated heterocycles. The van der Waals surface area contributed by atoms with Gasteiger partial charge in [0.05, 0.1) is 21.6 Å². The second kappa shape index (κ2) is 9.59. The molecule has 1 aliphatic rings. The van der Waals surface area contributed by atoms with Crippen molar-refractivity contribution in [2.75, 3.05) is 5.32 Å². The van der Waals surface area contributed by atoms with Gasteiger partial charge in [-0.25, -0.2) is 15.0 Å². The highest BCUT2D eigenvalue weighted by atomic mass is 32.1. The van der Waals surface area contributed by atoms with Gasteiger partial charge in [0.2, 0.25) is 5.95 Å². The zero-order valence-electron chi connectivity index (χ0n) is 18.9. The molecule has 0 amide bonds. The summed E-state index contributed by atoms with van der Waals surface area (Å²) in [5.74, 6) is 0.0146. The van der Waals surface area contributed by atoms with E-state index in [0.29, 0.717) is 24.9 Å². The van der Waals surface area contributed by atoms with Crippen molar-refractivity contribution in [3.05, 3.63) is 52.9 Å². The summed E-state index contributed by atoms with van der Waals surface area (Å²) < 4.78 is 38.8. The van der Waals surface area contributed by atoms with Crippen molar-refractivity contribution >= 4 is 23.0 Å². The average Bonchev–Trinajstić information content (AvgIpc) is 3.21. The standard InChI is InChI=1S/C24H27F3N4O2S/c1-14-9-16(11-17(10-14)30-22-28-8-5-20(31-22)24(25,26)27)19-13-29-21(34-19)12-18(32)15-3-6-23(2,33)7-4-15/h5,8-11,13,15,18,32-33H,3-4,6-7,12H2,1-2H3,(H,28,30,31). The highest BCUT2D eigenvalue weighted by Gasteiger charge is 2.33. The maximum absolute atomic E-state index is 12.9. The van der Waals surface area contributed by atoms with E-state index in [9.17, 15) is 23.4 Å². The topological polar surface area (TPSA) is 91.2 Å². The molecule has 1 saturated carbocycles. The first-order chi connectivity index (χ1) is 16.0. The minimum Gasteiger partial charge on any atom is -0.392 e. The molecule has 1 fully saturated rings. The van der Waals surface area contributed by atoms with Crippen molar-refractivity contribution in [2.45, 2.75) is 63.8 Å². The third-order valence-electron chi connectivity index (χ3n) is 6.15. The van der Waals surface area contributed by atoms with E-state index in [0.717, 1.165) is 46.1 Å². The number of benzene rings is 1. The van der Waals surface area contributed by atoms with E-state index in [2.05, 4.69) is 20.3 Å². The molecule has 34 heavy (non-hydrogen) atoms. The van der Waals surface area contributed by atoms with Gasteiger partial charge in [-0.05, 0) is 74.8 Å². The van der Waals surface area contributed by atoms with Gasteiger partial charge in [-0.2, -0.15) is 13.2 Å². The first-order valence-corrected chi connectivity index (χ1v) is 11.9. The Labute approximate surface area is 199 Å². The largest absolute Gasteiger partial charge is 0.433 e. The van der Waals surface area contributed by atoms with Crippen molar-refractivity contribution in [3.63, 3.8) is 0 Å². The van der Waals surface area contributed by atoms with Crippen LogP contribution in [0.5, 0.6) is 0 Å². The fourth-order valence-corrected chi connectivity index (χ4v) is 5.19. The van der Waals surface area contributed by atoms with Gasteiger partial charge in [-0.15, -0.1) is 11.3 Å². The molecule has 0 bridgehead atoms. The number of aliphatic hydroxyl groups excluding tert-OH is 1. The number of alkyl halides is 3. The van der Waals surface area contributed by atoms with Crippen LogP contribution in [0.15, 0.2) is 36.7 Å². The fourth-order valence-electron chi connectivity index (χ4n) is 4.23. The molecule has 1 aromatic carbocycles. The Bertz CT molecular complexity index is 1140. The minimum absolute atomic E-state index is 0.133. The molecule has 0 spiro atoms. The number of nitrogens with zero attached hydrogens (tertiary/aromatic N) is 3. The maximum atomic E-state index is 12.9. The zero-order valence-corrected chi connectivity index (χ0v) is 19.7. The Morgan fingerprint density at radius 2 is 1.94 bits per heavy atom. The number of nitrogens with one attached hydrogen (secondary N) is 1. The normalized spacial score (nSPS) is 21.9. The molecule has 2 heterocycles. The van der Waals surface area contributed by atoms with E-state index < -0.39 is 23.6 Å². The van der Waals surface area contributed by atoms with Crippen molar-refractivity contribution in [3.8, 4) is 10.4 Å². The molecule has 1 unspecified atom stereocenters. The molecule has 3 N–H and O–H groups in total. The van der Waals surface area contributed by atoms with Crippen molar-refractivity contribution < 1.29 is 23.4 Å². The van der Waals surface area contributed by atoms with Crippen molar-refractivity contribution in [1.82, 2.24) is 15.0 Å². The fraction of sp³-hybridized carbons (Fsp3) is 0.458. The maximum Gasteiger partial charge on any atom is 0.433 e. The minimum atomic E-state index is -4.55. The van der Waals surface area contributed by atoms with Crippen LogP contribution in [0, 0.1) is 12.8 Å². The Morgan fingerprint density at radius 3 is 2.65 bits per heavy atom. The van der Waals surface area contributed by atoms with Gasteiger partial charge in [-0.3, -0.25) is 0 Å². The SMILES string of the molecule is Cc1cc(Nc2nccc(C(F)(F)F)n2)cc(-c2cnc(CC(O)C3CCC(C)(O)CC3)s2)c1. The first-order valence-electron chi connectivity index (χ1n) is 11.1. The zero-order chi connectivity index (χ0) is 24.5. The van der Waals surface area contributed by atoms with Crippen LogP contribution in [0.2, 0.25) is 0 Å². The van der Waals surface area contributed by atoms with Crippen LogP contribution in [-0.4, -0.2) is 36.9 Å². The highest BCUT2D eigenvalue weighted by molar-refractivity contribution is 7.15. The number of hydrogen-bond acceptors (Lipinski definition) is 7. The van der Waals surface area contributed by atoms with Crippen LogP contribution < -0.4 is 5.32 Å². The van der Waals surface area contributed by atoms with Gasteiger partial charge < -0.3 is 15.5 Å². The van der Waals surface area contributed by atoms with Gasteiger partial charge in [0.1, 0.15) is 5.69 Å². The number of halogens is 3. The summed E-state index contributed by atoms with van der Waals surface area (Å²) in [7, 11) is 0.